The van der Waals surface area contributed by atoms with E-state index in [1.54, 1.807) is 17.7 Å². The number of nitrogens with one attached hydrogen (secondary N) is 1. The van der Waals surface area contributed by atoms with Gasteiger partial charge >= 0.3 is 5.69 Å². The summed E-state index contributed by atoms with van der Waals surface area (Å²) in [5.41, 5.74) is 0.353. The normalized spacial score (nSPS) is 20.0. The summed E-state index contributed by atoms with van der Waals surface area (Å²) in [5.74, 6) is 6.62. The van der Waals surface area contributed by atoms with E-state index >= 15 is 0 Å². The van der Waals surface area contributed by atoms with Crippen molar-refractivity contribution in [3.63, 3.8) is 0 Å². The van der Waals surface area contributed by atoms with Gasteiger partial charge in [-0.1, -0.05) is 0 Å². The maximum atomic E-state index is 12.7. The molecule has 1 aliphatic carbocycles. The predicted octanol–water partition coefficient (Wildman–Crippen LogP) is 0.548. The molecule has 9 heteroatoms. The van der Waals surface area contributed by atoms with E-state index in [0.717, 1.165) is 38.0 Å². The molecule has 3 N–H and O–H groups in total. The fraction of sp³-hybridized carbons (Fsp3) is 0.550. The lowest BCUT2D eigenvalue weighted by atomic mass is 9.97. The van der Waals surface area contributed by atoms with Gasteiger partial charge in [0.2, 0.25) is 0 Å². The first-order valence-electron chi connectivity index (χ1n) is 9.94. The van der Waals surface area contributed by atoms with Gasteiger partial charge < -0.3 is 20.8 Å². The number of nitrogens with zero attached hydrogens (tertiary/aromatic N) is 4. The van der Waals surface area contributed by atoms with Gasteiger partial charge in [-0.3, -0.25) is 9.36 Å². The largest absolute Gasteiger partial charge is 0.492 e. The monoisotopic (exact) mass is 398 g/mol. The zero-order valence-corrected chi connectivity index (χ0v) is 16.7. The predicted molar refractivity (Wildman–Crippen MR) is 111 cm³/mol. The molecule has 1 saturated heterocycles. The van der Waals surface area contributed by atoms with Crippen LogP contribution in [0.5, 0.6) is 5.75 Å². The van der Waals surface area contributed by atoms with Gasteiger partial charge in [0.25, 0.3) is 5.56 Å². The lowest BCUT2D eigenvalue weighted by Gasteiger charge is -2.25. The molecule has 1 aromatic carbocycles. The summed E-state index contributed by atoms with van der Waals surface area (Å²) in [6, 6.07) is 6.02. The van der Waals surface area contributed by atoms with Crippen LogP contribution in [0.4, 0.5) is 5.69 Å². The lowest BCUT2D eigenvalue weighted by Crippen LogP contribution is -2.44. The maximum Gasteiger partial charge on any atom is 0.350 e. The maximum absolute atomic E-state index is 12.7. The molecule has 2 aliphatic rings. The van der Waals surface area contributed by atoms with Gasteiger partial charge in [0, 0.05) is 25.2 Å². The van der Waals surface area contributed by atoms with E-state index in [1.807, 2.05) is 13.1 Å². The molecule has 2 unspecified atom stereocenters. The molecule has 1 aliphatic heterocycles. The molecule has 2 aromatic rings. The molecule has 0 radical (unpaired) electrons. The highest BCUT2D eigenvalue weighted by atomic mass is 16.5. The summed E-state index contributed by atoms with van der Waals surface area (Å²) in [7, 11) is 3.45. The Balaban J connectivity index is 1.82. The topological polar surface area (TPSA) is 118 Å². The number of benzene rings is 1. The summed E-state index contributed by atoms with van der Waals surface area (Å²) < 4.78 is 8.05. The number of hydrogen-bond acceptors (Lipinski definition) is 7. The number of aromatic nitrogens is 2. The Labute approximate surface area is 168 Å². The smallest absolute Gasteiger partial charge is 0.350 e. The molecule has 2 fully saturated rings. The van der Waals surface area contributed by atoms with Crippen LogP contribution < -0.4 is 32.0 Å². The fourth-order valence-corrected chi connectivity index (χ4v) is 4.46. The molecule has 29 heavy (non-hydrogen) atoms. The summed E-state index contributed by atoms with van der Waals surface area (Å²) >= 11 is 0. The number of nitrogen functional groups attached to an aromatic ring is 1. The molecule has 0 amide bonds. The average molecular weight is 398 g/mol. The van der Waals surface area contributed by atoms with Crippen LogP contribution in [0.2, 0.25) is 0 Å². The second kappa shape index (κ2) is 7.44. The van der Waals surface area contributed by atoms with Crippen molar-refractivity contribution < 1.29 is 4.74 Å². The highest BCUT2D eigenvalue weighted by Crippen LogP contribution is 2.42. The quantitative estimate of drug-likeness (QED) is 0.682. The third-order valence-electron chi connectivity index (χ3n) is 6.15. The third kappa shape index (κ3) is 3.13. The fourth-order valence-electron chi connectivity index (χ4n) is 4.46. The first-order chi connectivity index (χ1) is 14.0. The van der Waals surface area contributed by atoms with Gasteiger partial charge in [-0.2, -0.15) is 9.94 Å². The standard InChI is InChI=1S/C20H26N6O3/c1-23-15(7-9-21)12-8-10-24(11-12)16-6-5-14-17(18(16)29-2)25(13-3-4-13)20(28)26(22)19(14)27/h5-6,12-13,15,23H,3-4,7-8,10-11,22H2,1-2H3. The van der Waals surface area contributed by atoms with Crippen molar-refractivity contribution >= 4 is 16.6 Å². The number of anilines is 1. The molecule has 1 aromatic heterocycles. The van der Waals surface area contributed by atoms with Crippen LogP contribution in [0.25, 0.3) is 10.9 Å². The first kappa shape index (κ1) is 19.3. The minimum Gasteiger partial charge on any atom is -0.492 e. The Hall–Kier alpha value is -2.99. The van der Waals surface area contributed by atoms with Gasteiger partial charge in [-0.05, 0) is 44.4 Å². The van der Waals surface area contributed by atoms with E-state index in [4.69, 9.17) is 15.8 Å². The number of nitriles is 1. The van der Waals surface area contributed by atoms with E-state index in [9.17, 15) is 9.59 Å². The molecular formula is C20H26N6O3. The van der Waals surface area contributed by atoms with Gasteiger partial charge in [0.1, 0.15) is 5.52 Å². The Bertz CT molecular complexity index is 1090. The lowest BCUT2D eigenvalue weighted by molar-refractivity contribution is 0.404. The van der Waals surface area contributed by atoms with Crippen LogP contribution in [0.3, 0.4) is 0 Å². The van der Waals surface area contributed by atoms with Crippen molar-refractivity contribution in [2.45, 2.75) is 37.8 Å². The van der Waals surface area contributed by atoms with E-state index in [2.05, 4.69) is 16.3 Å². The Kier molecular flexibility index (Phi) is 4.96. The number of hydrogen-bond donors (Lipinski definition) is 2. The minimum atomic E-state index is -0.518. The second-order valence-corrected chi connectivity index (χ2v) is 7.83. The third-order valence-corrected chi connectivity index (χ3v) is 6.15. The number of nitrogens with two attached hydrogens (primary N) is 1. The van der Waals surface area contributed by atoms with Crippen LogP contribution >= 0.6 is 0 Å². The van der Waals surface area contributed by atoms with E-state index < -0.39 is 11.2 Å². The Morgan fingerprint density at radius 1 is 1.34 bits per heavy atom. The SMILES string of the molecule is CNC(CC#N)C1CCN(c2ccc3c(=O)n(N)c(=O)n(C4CC4)c3c2OC)C1. The summed E-state index contributed by atoms with van der Waals surface area (Å²) in [4.78, 5) is 27.6. The molecule has 2 heterocycles. The van der Waals surface area contributed by atoms with Crippen LogP contribution in [0.15, 0.2) is 21.7 Å². The second-order valence-electron chi connectivity index (χ2n) is 7.83. The van der Waals surface area contributed by atoms with Gasteiger partial charge in [-0.15, -0.1) is 0 Å². The van der Waals surface area contributed by atoms with Crippen LogP contribution in [-0.2, 0) is 0 Å². The Morgan fingerprint density at radius 2 is 2.10 bits per heavy atom. The number of rotatable bonds is 6. The van der Waals surface area contributed by atoms with E-state index in [0.29, 0.717) is 33.7 Å². The summed E-state index contributed by atoms with van der Waals surface area (Å²) in [5, 5.41) is 12.7. The highest BCUT2D eigenvalue weighted by Gasteiger charge is 2.33. The molecule has 9 nitrogen and oxygen atoms in total. The summed E-state index contributed by atoms with van der Waals surface area (Å²) in [6.07, 6.45) is 3.17. The molecular weight excluding hydrogens is 372 g/mol. The molecule has 1 saturated carbocycles. The van der Waals surface area contributed by atoms with Crippen molar-refractivity contribution in [1.29, 1.82) is 5.26 Å². The van der Waals surface area contributed by atoms with Crippen molar-refractivity contribution in [1.82, 2.24) is 14.6 Å². The van der Waals surface area contributed by atoms with E-state index in [-0.39, 0.29) is 12.1 Å². The average Bonchev–Trinajstić information content (AvgIpc) is 3.45. The molecule has 0 bridgehead atoms. The van der Waals surface area contributed by atoms with Crippen molar-refractivity contribution in [2.75, 3.05) is 38.0 Å². The van der Waals surface area contributed by atoms with E-state index in [1.165, 1.54) is 0 Å². The molecule has 2 atom stereocenters. The number of ether oxygens (including phenoxy) is 1. The summed E-state index contributed by atoms with van der Waals surface area (Å²) in [6.45, 7) is 1.59. The zero-order chi connectivity index (χ0) is 20.7. The first-order valence-corrected chi connectivity index (χ1v) is 9.94. The number of fused-ring (bicyclic) bond motifs is 1. The van der Waals surface area contributed by atoms with Crippen LogP contribution in [0, 0.1) is 17.2 Å². The molecule has 154 valence electrons. The zero-order valence-electron chi connectivity index (χ0n) is 16.7. The minimum absolute atomic E-state index is 0.0418. The van der Waals surface area contributed by atoms with Crippen molar-refractivity contribution in [2.24, 2.45) is 5.92 Å². The highest BCUT2D eigenvalue weighted by molar-refractivity contribution is 5.90. The van der Waals surface area contributed by atoms with Crippen molar-refractivity contribution in [3.8, 4) is 11.8 Å². The molecule has 4 rings (SSSR count). The van der Waals surface area contributed by atoms with Gasteiger partial charge in [0.15, 0.2) is 5.75 Å². The van der Waals surface area contributed by atoms with Crippen LogP contribution in [-0.4, -0.2) is 42.5 Å². The van der Waals surface area contributed by atoms with Gasteiger partial charge in [0.05, 0.1) is 30.7 Å². The molecule has 0 spiro atoms. The van der Waals surface area contributed by atoms with Crippen LogP contribution in [0.1, 0.15) is 31.7 Å². The number of methoxy groups -OCH3 is 1. The Morgan fingerprint density at radius 3 is 2.72 bits per heavy atom. The van der Waals surface area contributed by atoms with Gasteiger partial charge in [-0.25, -0.2) is 4.79 Å². The van der Waals surface area contributed by atoms with Crippen molar-refractivity contribution in [3.05, 3.63) is 33.0 Å².